The molecule has 0 aromatic carbocycles. The molecule has 0 aliphatic carbocycles. The van der Waals surface area contributed by atoms with Crippen LogP contribution in [0.5, 0.6) is 0 Å². The van der Waals surface area contributed by atoms with Crippen molar-refractivity contribution in [2.45, 2.75) is 25.4 Å². The van der Waals surface area contributed by atoms with Gasteiger partial charge in [0.1, 0.15) is 5.69 Å². The first-order valence-corrected chi connectivity index (χ1v) is 6.49. The summed E-state index contributed by atoms with van der Waals surface area (Å²) in [5.74, 6) is -0.637. The number of carbonyl (C=O) groups is 2. The predicted octanol–water partition coefficient (Wildman–Crippen LogP) is 1.11. The van der Waals surface area contributed by atoms with Gasteiger partial charge in [-0.25, -0.2) is 0 Å². The Hall–Kier alpha value is -1.34. The normalized spacial score (nSPS) is 18.6. The molecule has 1 aromatic rings. The van der Waals surface area contributed by atoms with Crippen molar-refractivity contribution in [3.63, 3.8) is 0 Å². The van der Waals surface area contributed by atoms with Crippen LogP contribution in [0.3, 0.4) is 0 Å². The van der Waals surface area contributed by atoms with Crippen LogP contribution in [0.2, 0.25) is 0 Å². The van der Waals surface area contributed by atoms with Gasteiger partial charge in [-0.2, -0.15) is 0 Å². The molecule has 1 saturated heterocycles. The SMILES string of the molecule is O=C(C[C@H]1CCCO1)NNC(=O)c1cc(Br)c[nH]1. The lowest BCUT2D eigenvalue weighted by molar-refractivity contribution is -0.124. The third-order valence-electron chi connectivity index (χ3n) is 2.64. The van der Waals surface area contributed by atoms with Gasteiger partial charge in [-0.05, 0) is 34.8 Å². The van der Waals surface area contributed by atoms with Crippen LogP contribution in [0.1, 0.15) is 29.8 Å². The van der Waals surface area contributed by atoms with Gasteiger partial charge in [0.05, 0.1) is 12.5 Å². The first-order chi connectivity index (χ1) is 8.65. The number of hydrogen-bond acceptors (Lipinski definition) is 3. The molecule has 2 amide bonds. The Morgan fingerprint density at radius 3 is 2.94 bits per heavy atom. The van der Waals surface area contributed by atoms with E-state index in [-0.39, 0.29) is 24.3 Å². The Bertz CT molecular complexity index is 440. The summed E-state index contributed by atoms with van der Waals surface area (Å²) in [6.45, 7) is 0.709. The Morgan fingerprint density at radius 1 is 1.50 bits per heavy atom. The highest BCUT2D eigenvalue weighted by molar-refractivity contribution is 9.10. The zero-order chi connectivity index (χ0) is 13.0. The fourth-order valence-corrected chi connectivity index (χ4v) is 2.10. The third kappa shape index (κ3) is 3.58. The monoisotopic (exact) mass is 315 g/mol. The van der Waals surface area contributed by atoms with Crippen LogP contribution in [0.4, 0.5) is 0 Å². The van der Waals surface area contributed by atoms with E-state index in [1.807, 2.05) is 0 Å². The number of H-pyrrole nitrogens is 1. The maximum absolute atomic E-state index is 11.6. The minimum Gasteiger partial charge on any atom is -0.378 e. The minimum absolute atomic E-state index is 0.0264. The van der Waals surface area contributed by atoms with Crippen molar-refractivity contribution < 1.29 is 14.3 Å². The lowest BCUT2D eigenvalue weighted by Gasteiger charge is -2.10. The van der Waals surface area contributed by atoms with Crippen molar-refractivity contribution in [2.24, 2.45) is 0 Å². The van der Waals surface area contributed by atoms with E-state index in [1.54, 1.807) is 12.3 Å². The maximum atomic E-state index is 11.6. The van der Waals surface area contributed by atoms with Crippen molar-refractivity contribution in [2.75, 3.05) is 6.61 Å². The van der Waals surface area contributed by atoms with Gasteiger partial charge >= 0.3 is 0 Å². The quantitative estimate of drug-likeness (QED) is 0.731. The summed E-state index contributed by atoms with van der Waals surface area (Å²) in [7, 11) is 0. The van der Waals surface area contributed by atoms with Crippen molar-refractivity contribution in [1.29, 1.82) is 0 Å². The number of halogens is 1. The molecule has 0 saturated carbocycles. The number of nitrogens with one attached hydrogen (secondary N) is 3. The molecule has 2 rings (SSSR count). The highest BCUT2D eigenvalue weighted by Crippen LogP contribution is 2.14. The number of rotatable bonds is 3. The van der Waals surface area contributed by atoms with Gasteiger partial charge in [-0.15, -0.1) is 0 Å². The van der Waals surface area contributed by atoms with Gasteiger partial charge < -0.3 is 9.72 Å². The van der Waals surface area contributed by atoms with Gasteiger partial charge in [0, 0.05) is 17.3 Å². The summed E-state index contributed by atoms with van der Waals surface area (Å²) in [4.78, 5) is 25.9. The van der Waals surface area contributed by atoms with E-state index in [2.05, 4.69) is 31.8 Å². The zero-order valence-corrected chi connectivity index (χ0v) is 11.2. The number of carbonyl (C=O) groups excluding carboxylic acids is 2. The van der Waals surface area contributed by atoms with E-state index >= 15 is 0 Å². The largest absolute Gasteiger partial charge is 0.378 e. The summed E-state index contributed by atoms with van der Waals surface area (Å²) >= 11 is 3.22. The standard InChI is InChI=1S/C11H14BrN3O3/c12-7-4-9(13-6-7)11(17)15-14-10(16)5-8-2-1-3-18-8/h4,6,8,13H,1-3,5H2,(H,14,16)(H,15,17)/t8-/m1/s1. The van der Waals surface area contributed by atoms with E-state index in [0.29, 0.717) is 12.3 Å². The van der Waals surface area contributed by atoms with E-state index in [4.69, 9.17) is 4.74 Å². The van der Waals surface area contributed by atoms with E-state index in [9.17, 15) is 9.59 Å². The van der Waals surface area contributed by atoms with Crippen LogP contribution >= 0.6 is 15.9 Å². The Kier molecular flexibility index (Phi) is 4.38. The molecule has 7 heteroatoms. The summed E-state index contributed by atoms with van der Waals surface area (Å²) in [6, 6.07) is 1.63. The third-order valence-corrected chi connectivity index (χ3v) is 3.10. The molecule has 1 aliphatic heterocycles. The summed E-state index contributed by atoms with van der Waals surface area (Å²) in [5.41, 5.74) is 5.08. The number of aromatic amines is 1. The van der Waals surface area contributed by atoms with Crippen molar-refractivity contribution >= 4 is 27.7 Å². The molecule has 0 radical (unpaired) electrons. The van der Waals surface area contributed by atoms with Crippen LogP contribution < -0.4 is 10.9 Å². The number of amides is 2. The van der Waals surface area contributed by atoms with E-state index in [0.717, 1.165) is 17.3 Å². The molecule has 3 N–H and O–H groups in total. The number of aromatic nitrogens is 1. The fourth-order valence-electron chi connectivity index (χ4n) is 1.76. The van der Waals surface area contributed by atoms with Crippen molar-refractivity contribution in [1.82, 2.24) is 15.8 Å². The lowest BCUT2D eigenvalue weighted by Crippen LogP contribution is -2.42. The van der Waals surface area contributed by atoms with Crippen LogP contribution in [-0.4, -0.2) is 29.5 Å². The predicted molar refractivity (Wildman–Crippen MR) is 67.7 cm³/mol. The van der Waals surface area contributed by atoms with Gasteiger partial charge in [-0.1, -0.05) is 0 Å². The van der Waals surface area contributed by atoms with E-state index < -0.39 is 0 Å². The second-order valence-corrected chi connectivity index (χ2v) is 4.99. The van der Waals surface area contributed by atoms with Crippen molar-refractivity contribution in [3.8, 4) is 0 Å². The molecule has 1 aliphatic rings. The van der Waals surface area contributed by atoms with Crippen LogP contribution in [0.15, 0.2) is 16.7 Å². The minimum atomic E-state index is -0.388. The maximum Gasteiger partial charge on any atom is 0.286 e. The number of hydrazine groups is 1. The number of ether oxygens (including phenoxy) is 1. The van der Waals surface area contributed by atoms with Gasteiger partial charge in [-0.3, -0.25) is 20.4 Å². The first-order valence-electron chi connectivity index (χ1n) is 5.70. The Morgan fingerprint density at radius 2 is 2.33 bits per heavy atom. The second-order valence-electron chi connectivity index (χ2n) is 4.07. The fraction of sp³-hybridized carbons (Fsp3) is 0.455. The topological polar surface area (TPSA) is 83.2 Å². The molecule has 1 atom stereocenters. The molecule has 2 heterocycles. The first kappa shape index (κ1) is 13.1. The number of hydrogen-bond donors (Lipinski definition) is 3. The molecule has 98 valence electrons. The molecule has 0 unspecified atom stereocenters. The molecule has 18 heavy (non-hydrogen) atoms. The van der Waals surface area contributed by atoms with Gasteiger partial charge in [0.15, 0.2) is 0 Å². The molecule has 0 spiro atoms. The van der Waals surface area contributed by atoms with Crippen LogP contribution in [0, 0.1) is 0 Å². The lowest BCUT2D eigenvalue weighted by atomic mass is 10.2. The molecular weight excluding hydrogens is 302 g/mol. The average molecular weight is 316 g/mol. The smallest absolute Gasteiger partial charge is 0.286 e. The van der Waals surface area contributed by atoms with Gasteiger partial charge in [0.2, 0.25) is 5.91 Å². The molecular formula is C11H14BrN3O3. The van der Waals surface area contributed by atoms with Crippen molar-refractivity contribution in [3.05, 3.63) is 22.4 Å². The average Bonchev–Trinajstić information content (AvgIpc) is 2.97. The highest BCUT2D eigenvalue weighted by atomic mass is 79.9. The van der Waals surface area contributed by atoms with E-state index in [1.165, 1.54) is 0 Å². The highest BCUT2D eigenvalue weighted by Gasteiger charge is 2.19. The summed E-state index contributed by atoms with van der Waals surface area (Å²) in [5, 5.41) is 0. The Balaban J connectivity index is 1.73. The van der Waals surface area contributed by atoms with Crippen LogP contribution in [0.25, 0.3) is 0 Å². The van der Waals surface area contributed by atoms with Gasteiger partial charge in [0.25, 0.3) is 5.91 Å². The molecule has 0 bridgehead atoms. The zero-order valence-electron chi connectivity index (χ0n) is 9.66. The summed E-state index contributed by atoms with van der Waals surface area (Å²) in [6.07, 6.45) is 3.77. The Labute approximate surface area is 113 Å². The molecule has 1 fully saturated rings. The molecule has 6 nitrogen and oxygen atoms in total. The van der Waals surface area contributed by atoms with Crippen LogP contribution in [-0.2, 0) is 9.53 Å². The molecule has 1 aromatic heterocycles. The second kappa shape index (κ2) is 6.01. The summed E-state index contributed by atoms with van der Waals surface area (Å²) < 4.78 is 6.11.